The summed E-state index contributed by atoms with van der Waals surface area (Å²) in [4.78, 5) is 4.36. The van der Waals surface area contributed by atoms with E-state index >= 15 is 0 Å². The number of aliphatic hydroxyl groups is 1. The van der Waals surface area contributed by atoms with E-state index in [0.717, 1.165) is 31.5 Å². The molecule has 1 aromatic heterocycles. The molecule has 108 valence electrons. The molecule has 0 spiro atoms. The summed E-state index contributed by atoms with van der Waals surface area (Å²) in [7, 11) is 2.02. The Morgan fingerprint density at radius 1 is 1.16 bits per heavy atom. The van der Waals surface area contributed by atoms with Crippen LogP contribution >= 0.6 is 0 Å². The van der Waals surface area contributed by atoms with Crippen molar-refractivity contribution in [2.45, 2.75) is 65.4 Å². The van der Waals surface area contributed by atoms with E-state index in [1.165, 1.54) is 6.42 Å². The van der Waals surface area contributed by atoms with Gasteiger partial charge in [0, 0.05) is 25.9 Å². The fraction of sp³-hybridized carbons (Fsp3) is 0.812. The molecule has 0 saturated heterocycles. The summed E-state index contributed by atoms with van der Waals surface area (Å²) in [5, 5.41) is 11.0. The summed E-state index contributed by atoms with van der Waals surface area (Å²) < 4.78 is 2.04. The molecule has 0 aliphatic heterocycles. The molecule has 1 aliphatic carbocycles. The molecule has 0 unspecified atom stereocenters. The van der Waals surface area contributed by atoms with Crippen LogP contribution in [0.15, 0.2) is 12.4 Å². The molecular formula is C16H28N2O. The van der Waals surface area contributed by atoms with Gasteiger partial charge in [0.2, 0.25) is 0 Å². The van der Waals surface area contributed by atoms with Crippen LogP contribution in [0.1, 0.15) is 59.2 Å². The van der Waals surface area contributed by atoms with E-state index in [9.17, 15) is 5.11 Å². The monoisotopic (exact) mass is 264 g/mol. The molecule has 0 atom stereocenters. The van der Waals surface area contributed by atoms with Gasteiger partial charge in [0.05, 0.1) is 5.60 Å². The van der Waals surface area contributed by atoms with Crippen molar-refractivity contribution < 1.29 is 5.11 Å². The highest BCUT2D eigenvalue weighted by atomic mass is 16.3. The SMILES string of the molecule is Cn1ccnc1CCC1(O)CC(C)(C)CC(C)(C)C1. The third-order valence-corrected chi connectivity index (χ3v) is 4.31. The van der Waals surface area contributed by atoms with Crippen molar-refractivity contribution in [3.8, 4) is 0 Å². The summed E-state index contributed by atoms with van der Waals surface area (Å²) >= 11 is 0. The topological polar surface area (TPSA) is 38.0 Å². The van der Waals surface area contributed by atoms with Gasteiger partial charge in [0.25, 0.3) is 0 Å². The Bertz CT molecular complexity index is 429. The van der Waals surface area contributed by atoms with Crippen LogP contribution in [-0.2, 0) is 13.5 Å². The number of hydrogen-bond acceptors (Lipinski definition) is 2. The molecule has 1 aromatic rings. The zero-order chi connectivity index (χ0) is 14.3. The van der Waals surface area contributed by atoms with Crippen LogP contribution in [0.25, 0.3) is 0 Å². The van der Waals surface area contributed by atoms with Crippen molar-refractivity contribution in [3.05, 3.63) is 18.2 Å². The minimum atomic E-state index is -0.544. The molecule has 1 saturated carbocycles. The van der Waals surface area contributed by atoms with Gasteiger partial charge in [-0.3, -0.25) is 0 Å². The first-order valence-corrected chi connectivity index (χ1v) is 7.30. The smallest absolute Gasteiger partial charge is 0.108 e. The molecule has 0 radical (unpaired) electrons. The Labute approximate surface area is 117 Å². The second-order valence-electron chi connectivity index (χ2n) is 8.04. The maximum atomic E-state index is 11.0. The van der Waals surface area contributed by atoms with E-state index in [1.54, 1.807) is 0 Å². The Hall–Kier alpha value is -0.830. The van der Waals surface area contributed by atoms with Crippen molar-refractivity contribution in [1.29, 1.82) is 0 Å². The number of rotatable bonds is 3. The molecule has 1 aliphatic rings. The van der Waals surface area contributed by atoms with E-state index in [2.05, 4.69) is 32.7 Å². The Balaban J connectivity index is 2.07. The molecule has 1 N–H and O–H groups in total. The van der Waals surface area contributed by atoms with Gasteiger partial charge in [-0.1, -0.05) is 27.7 Å². The predicted molar refractivity (Wildman–Crippen MR) is 77.9 cm³/mol. The molecule has 19 heavy (non-hydrogen) atoms. The van der Waals surface area contributed by atoms with Crippen LogP contribution in [0.4, 0.5) is 0 Å². The molecule has 0 bridgehead atoms. The molecule has 2 rings (SSSR count). The lowest BCUT2D eigenvalue weighted by molar-refractivity contribution is -0.0904. The fourth-order valence-corrected chi connectivity index (χ4v) is 4.42. The summed E-state index contributed by atoms with van der Waals surface area (Å²) in [6.07, 6.45) is 8.44. The van der Waals surface area contributed by atoms with Crippen molar-refractivity contribution >= 4 is 0 Å². The number of nitrogens with zero attached hydrogens (tertiary/aromatic N) is 2. The third-order valence-electron chi connectivity index (χ3n) is 4.31. The second kappa shape index (κ2) is 4.62. The van der Waals surface area contributed by atoms with Gasteiger partial charge in [-0.25, -0.2) is 4.98 Å². The first-order chi connectivity index (χ1) is 8.61. The summed E-state index contributed by atoms with van der Waals surface area (Å²) in [6.45, 7) is 9.11. The fourth-order valence-electron chi connectivity index (χ4n) is 4.42. The van der Waals surface area contributed by atoms with E-state index in [4.69, 9.17) is 0 Å². The van der Waals surface area contributed by atoms with Crippen LogP contribution in [0.5, 0.6) is 0 Å². The van der Waals surface area contributed by atoms with Crippen LogP contribution in [-0.4, -0.2) is 20.3 Å². The van der Waals surface area contributed by atoms with Crippen LogP contribution in [0.3, 0.4) is 0 Å². The number of aromatic nitrogens is 2. The number of hydrogen-bond donors (Lipinski definition) is 1. The normalized spacial score (nSPS) is 24.3. The van der Waals surface area contributed by atoms with E-state index < -0.39 is 5.60 Å². The Morgan fingerprint density at radius 3 is 2.21 bits per heavy atom. The van der Waals surface area contributed by atoms with Gasteiger partial charge in [-0.05, 0) is 36.5 Å². The molecular weight excluding hydrogens is 236 g/mol. The highest BCUT2D eigenvalue weighted by molar-refractivity contribution is 5.00. The molecule has 0 amide bonds. The van der Waals surface area contributed by atoms with Gasteiger partial charge in [-0.2, -0.15) is 0 Å². The zero-order valence-corrected chi connectivity index (χ0v) is 13.0. The lowest BCUT2D eigenvalue weighted by Gasteiger charge is -2.49. The predicted octanol–water partition coefficient (Wildman–Crippen LogP) is 3.32. The summed E-state index contributed by atoms with van der Waals surface area (Å²) in [5.74, 6) is 1.06. The molecule has 1 heterocycles. The summed E-state index contributed by atoms with van der Waals surface area (Å²) in [5.41, 5.74) is -0.104. The average Bonchev–Trinajstić information content (AvgIpc) is 2.55. The third kappa shape index (κ3) is 3.59. The zero-order valence-electron chi connectivity index (χ0n) is 13.0. The van der Waals surface area contributed by atoms with E-state index in [1.807, 2.05) is 24.0 Å². The van der Waals surface area contributed by atoms with Crippen LogP contribution < -0.4 is 0 Å². The molecule has 3 nitrogen and oxygen atoms in total. The second-order valence-corrected chi connectivity index (χ2v) is 8.04. The van der Waals surface area contributed by atoms with Gasteiger partial charge in [0.15, 0.2) is 0 Å². The van der Waals surface area contributed by atoms with Crippen molar-refractivity contribution in [2.24, 2.45) is 17.9 Å². The van der Waals surface area contributed by atoms with E-state index in [0.29, 0.717) is 0 Å². The minimum absolute atomic E-state index is 0.220. The number of aryl methyl sites for hydroxylation is 2. The van der Waals surface area contributed by atoms with Gasteiger partial charge in [-0.15, -0.1) is 0 Å². The average molecular weight is 264 g/mol. The first kappa shape index (κ1) is 14.6. The van der Waals surface area contributed by atoms with Crippen molar-refractivity contribution in [3.63, 3.8) is 0 Å². The Morgan fingerprint density at radius 2 is 1.74 bits per heavy atom. The Kier molecular flexibility index (Phi) is 3.54. The lowest BCUT2D eigenvalue weighted by Crippen LogP contribution is -2.46. The van der Waals surface area contributed by atoms with Gasteiger partial charge in [0.1, 0.15) is 5.82 Å². The largest absolute Gasteiger partial charge is 0.390 e. The maximum absolute atomic E-state index is 11.0. The molecule has 1 fully saturated rings. The van der Waals surface area contributed by atoms with Gasteiger partial charge < -0.3 is 9.67 Å². The standard InChI is InChI=1S/C16H28N2O/c1-14(2)10-15(3,4)12-16(19,11-14)7-6-13-17-8-9-18(13)5/h8-9,19H,6-7,10-12H2,1-5H3. The van der Waals surface area contributed by atoms with Crippen molar-refractivity contribution in [1.82, 2.24) is 9.55 Å². The maximum Gasteiger partial charge on any atom is 0.108 e. The lowest BCUT2D eigenvalue weighted by atomic mass is 9.59. The van der Waals surface area contributed by atoms with Crippen molar-refractivity contribution in [2.75, 3.05) is 0 Å². The van der Waals surface area contributed by atoms with Gasteiger partial charge >= 0.3 is 0 Å². The summed E-state index contributed by atoms with van der Waals surface area (Å²) in [6, 6.07) is 0. The molecule has 0 aromatic carbocycles. The van der Waals surface area contributed by atoms with E-state index in [-0.39, 0.29) is 10.8 Å². The first-order valence-electron chi connectivity index (χ1n) is 7.30. The van der Waals surface area contributed by atoms with Crippen LogP contribution in [0, 0.1) is 10.8 Å². The van der Waals surface area contributed by atoms with Crippen LogP contribution in [0.2, 0.25) is 0 Å². The highest BCUT2D eigenvalue weighted by Crippen LogP contribution is 2.51. The molecule has 3 heteroatoms. The quantitative estimate of drug-likeness (QED) is 0.909. The highest BCUT2D eigenvalue weighted by Gasteiger charge is 2.46. The minimum Gasteiger partial charge on any atom is -0.390 e. The number of imidazole rings is 1.